The third-order valence-electron chi connectivity index (χ3n) is 4.34. The molecule has 1 amide bonds. The predicted octanol–water partition coefficient (Wildman–Crippen LogP) is 1.35. The summed E-state index contributed by atoms with van der Waals surface area (Å²) in [6.45, 7) is 3.04. The highest BCUT2D eigenvalue weighted by Gasteiger charge is 2.23. The average Bonchev–Trinajstić information content (AvgIpc) is 2.69. The quantitative estimate of drug-likeness (QED) is 0.629. The third-order valence-corrected chi connectivity index (χ3v) is 5.56. The molecule has 9 heteroatoms. The fraction of sp³-hybridized carbons (Fsp3) is 0.316. The van der Waals surface area contributed by atoms with Crippen molar-refractivity contribution in [2.24, 2.45) is 0 Å². The highest BCUT2D eigenvalue weighted by atomic mass is 32.2. The second-order valence-corrected chi connectivity index (χ2v) is 8.32. The van der Waals surface area contributed by atoms with Crippen molar-refractivity contribution < 1.29 is 22.3 Å². The van der Waals surface area contributed by atoms with Gasteiger partial charge in [-0.15, -0.1) is 4.83 Å². The van der Waals surface area contributed by atoms with E-state index in [4.69, 9.17) is 4.74 Å². The maximum atomic E-state index is 14.5. The lowest BCUT2D eigenvalue weighted by Crippen LogP contribution is -2.48. The Morgan fingerprint density at radius 3 is 2.68 bits per heavy atom. The largest absolute Gasteiger partial charge is 0.374 e. The first-order chi connectivity index (χ1) is 13.4. The van der Waals surface area contributed by atoms with E-state index in [1.807, 2.05) is 35.2 Å². The van der Waals surface area contributed by atoms with Crippen LogP contribution in [0.5, 0.6) is 0 Å². The number of halogens is 1. The molecule has 1 atom stereocenters. The van der Waals surface area contributed by atoms with Gasteiger partial charge in [0.05, 0.1) is 24.0 Å². The fourth-order valence-corrected chi connectivity index (χ4v) is 3.97. The summed E-state index contributed by atoms with van der Waals surface area (Å²) in [6, 6.07) is 12.3. The van der Waals surface area contributed by atoms with Crippen LogP contribution in [0, 0.1) is 12.7 Å². The van der Waals surface area contributed by atoms with Crippen molar-refractivity contribution in [3.05, 3.63) is 59.4 Å². The van der Waals surface area contributed by atoms with Crippen LogP contribution in [0.25, 0.3) is 11.1 Å². The number of amides is 1. The second kappa shape index (κ2) is 8.78. The molecule has 0 aromatic heterocycles. The summed E-state index contributed by atoms with van der Waals surface area (Å²) < 4.78 is 44.1. The van der Waals surface area contributed by atoms with E-state index in [1.165, 1.54) is 6.07 Å². The van der Waals surface area contributed by atoms with Crippen LogP contribution in [-0.4, -0.2) is 45.9 Å². The van der Waals surface area contributed by atoms with Gasteiger partial charge in [-0.2, -0.15) is 0 Å². The Labute approximate surface area is 163 Å². The van der Waals surface area contributed by atoms with Crippen LogP contribution >= 0.6 is 0 Å². The van der Waals surface area contributed by atoms with Gasteiger partial charge in [-0.25, -0.2) is 12.8 Å². The molecule has 0 spiro atoms. The molecular formula is C19H22FN3O4S. The lowest BCUT2D eigenvalue weighted by Gasteiger charge is -2.23. The van der Waals surface area contributed by atoms with E-state index < -0.39 is 27.9 Å². The Bertz CT molecular complexity index is 945. The van der Waals surface area contributed by atoms with Gasteiger partial charge in [-0.3, -0.25) is 10.2 Å². The summed E-state index contributed by atoms with van der Waals surface area (Å²) >= 11 is 0. The first-order valence-corrected chi connectivity index (χ1v) is 10.5. The zero-order chi connectivity index (χ0) is 20.1. The SMILES string of the molecule is Cc1cc(-c2ccccc2)cc(C(=O)NNS(=O)(=O)CC2CNCCO2)c1F. The molecule has 7 nitrogen and oxygen atoms in total. The second-order valence-electron chi connectivity index (χ2n) is 6.56. The van der Waals surface area contributed by atoms with Crippen molar-refractivity contribution in [3.8, 4) is 11.1 Å². The van der Waals surface area contributed by atoms with Crippen molar-refractivity contribution in [1.82, 2.24) is 15.6 Å². The van der Waals surface area contributed by atoms with Gasteiger partial charge in [0.1, 0.15) is 5.82 Å². The van der Waals surface area contributed by atoms with Crippen LogP contribution < -0.4 is 15.6 Å². The highest BCUT2D eigenvalue weighted by molar-refractivity contribution is 7.89. The number of benzene rings is 2. The van der Waals surface area contributed by atoms with Crippen molar-refractivity contribution in [3.63, 3.8) is 0 Å². The van der Waals surface area contributed by atoms with E-state index in [-0.39, 0.29) is 16.9 Å². The van der Waals surface area contributed by atoms with Crippen LogP contribution in [0.3, 0.4) is 0 Å². The van der Waals surface area contributed by atoms with Crippen molar-refractivity contribution in [2.45, 2.75) is 13.0 Å². The molecule has 1 aliphatic rings. The molecule has 1 fully saturated rings. The fourth-order valence-electron chi connectivity index (χ4n) is 2.94. The third kappa shape index (κ3) is 5.14. The number of ether oxygens (including phenoxy) is 1. The number of carbonyl (C=O) groups excluding carboxylic acids is 1. The molecule has 28 heavy (non-hydrogen) atoms. The number of sulfonamides is 1. The molecule has 1 saturated heterocycles. The van der Waals surface area contributed by atoms with Gasteiger partial charge in [-0.05, 0) is 35.7 Å². The molecule has 1 aliphatic heterocycles. The minimum atomic E-state index is -3.84. The van der Waals surface area contributed by atoms with Gasteiger partial charge >= 0.3 is 0 Å². The lowest BCUT2D eigenvalue weighted by molar-refractivity contribution is 0.0428. The summed E-state index contributed by atoms with van der Waals surface area (Å²) in [4.78, 5) is 14.4. The van der Waals surface area contributed by atoms with Crippen molar-refractivity contribution >= 4 is 15.9 Å². The van der Waals surface area contributed by atoms with Crippen LogP contribution in [-0.2, 0) is 14.8 Å². The molecule has 3 N–H and O–H groups in total. The molecule has 1 heterocycles. The Morgan fingerprint density at radius 1 is 1.25 bits per heavy atom. The number of hydrogen-bond donors (Lipinski definition) is 3. The number of rotatable bonds is 6. The summed E-state index contributed by atoms with van der Waals surface area (Å²) in [5.41, 5.74) is 3.61. The molecule has 0 radical (unpaired) electrons. The number of hydrazine groups is 1. The van der Waals surface area contributed by atoms with Crippen molar-refractivity contribution in [1.29, 1.82) is 0 Å². The lowest BCUT2D eigenvalue weighted by atomic mass is 9.99. The first kappa shape index (κ1) is 20.4. The minimum Gasteiger partial charge on any atom is -0.374 e. The average molecular weight is 407 g/mol. The monoisotopic (exact) mass is 407 g/mol. The summed E-state index contributed by atoms with van der Waals surface area (Å²) in [5.74, 6) is -1.88. The Morgan fingerprint density at radius 2 is 2.00 bits per heavy atom. The van der Waals surface area contributed by atoms with Gasteiger partial charge in [0.25, 0.3) is 5.91 Å². The van der Waals surface area contributed by atoms with Gasteiger partial charge in [0.15, 0.2) is 0 Å². The van der Waals surface area contributed by atoms with E-state index >= 15 is 0 Å². The standard InChI is InChI=1S/C19H22FN3O4S/c1-13-9-15(14-5-3-2-4-6-14)10-17(18(13)20)19(24)22-23-28(25,26)12-16-11-21-7-8-27-16/h2-6,9-10,16,21,23H,7-8,11-12H2,1H3,(H,22,24). The highest BCUT2D eigenvalue weighted by Crippen LogP contribution is 2.24. The molecule has 0 saturated carbocycles. The van der Waals surface area contributed by atoms with E-state index in [0.29, 0.717) is 25.3 Å². The van der Waals surface area contributed by atoms with Gasteiger partial charge in [-0.1, -0.05) is 30.3 Å². The zero-order valence-electron chi connectivity index (χ0n) is 15.4. The number of hydrogen-bond acceptors (Lipinski definition) is 5. The smallest absolute Gasteiger partial charge is 0.269 e. The molecular weight excluding hydrogens is 385 g/mol. The maximum absolute atomic E-state index is 14.5. The van der Waals surface area contributed by atoms with Crippen LogP contribution in [0.2, 0.25) is 0 Å². The molecule has 0 bridgehead atoms. The minimum absolute atomic E-state index is 0.239. The molecule has 3 rings (SSSR count). The summed E-state index contributed by atoms with van der Waals surface area (Å²) in [7, 11) is -3.84. The van der Waals surface area contributed by atoms with Crippen LogP contribution in [0.1, 0.15) is 15.9 Å². The topological polar surface area (TPSA) is 96.5 Å². The van der Waals surface area contributed by atoms with Gasteiger partial charge in [0, 0.05) is 13.1 Å². The maximum Gasteiger partial charge on any atom is 0.269 e. The predicted molar refractivity (Wildman–Crippen MR) is 104 cm³/mol. The Hall–Kier alpha value is -2.33. The Balaban J connectivity index is 1.72. The number of nitrogens with one attached hydrogen (secondary N) is 3. The van der Waals surface area contributed by atoms with E-state index in [9.17, 15) is 17.6 Å². The molecule has 150 valence electrons. The van der Waals surface area contributed by atoms with Crippen molar-refractivity contribution in [2.75, 3.05) is 25.4 Å². The summed E-state index contributed by atoms with van der Waals surface area (Å²) in [6.07, 6.45) is -0.511. The van der Waals surface area contributed by atoms with Gasteiger partial charge < -0.3 is 10.1 Å². The van der Waals surface area contributed by atoms with E-state index in [2.05, 4.69) is 10.7 Å². The van der Waals surface area contributed by atoms with Crippen LogP contribution in [0.15, 0.2) is 42.5 Å². The molecule has 0 aliphatic carbocycles. The molecule has 2 aromatic carbocycles. The van der Waals surface area contributed by atoms with Crippen LogP contribution in [0.4, 0.5) is 4.39 Å². The number of aryl methyl sites for hydroxylation is 1. The molecule has 2 aromatic rings. The van der Waals surface area contributed by atoms with Gasteiger partial charge in [0.2, 0.25) is 10.0 Å². The normalized spacial score (nSPS) is 17.3. The van der Waals surface area contributed by atoms with E-state index in [1.54, 1.807) is 13.0 Å². The molecule has 1 unspecified atom stereocenters. The Kier molecular flexibility index (Phi) is 6.40. The summed E-state index contributed by atoms with van der Waals surface area (Å²) in [5, 5.41) is 3.03. The number of morpholine rings is 1. The van der Waals surface area contributed by atoms with E-state index in [0.717, 1.165) is 5.56 Å². The zero-order valence-corrected chi connectivity index (χ0v) is 16.2. The number of carbonyl (C=O) groups is 1. The first-order valence-electron chi connectivity index (χ1n) is 8.83.